The second-order valence-corrected chi connectivity index (χ2v) is 3.56. The predicted molar refractivity (Wildman–Crippen MR) is 67.0 cm³/mol. The van der Waals surface area contributed by atoms with Gasteiger partial charge in [-0.3, -0.25) is 0 Å². The van der Waals surface area contributed by atoms with E-state index in [1.54, 1.807) is 38.5 Å². The van der Waals surface area contributed by atoms with Crippen LogP contribution in [0.1, 0.15) is 0 Å². The van der Waals surface area contributed by atoms with E-state index in [-0.39, 0.29) is 0 Å². The molecule has 0 atom stereocenters. The Bertz CT molecular complexity index is 546. The van der Waals surface area contributed by atoms with Crippen LogP contribution in [0.3, 0.4) is 0 Å². The van der Waals surface area contributed by atoms with Gasteiger partial charge in [-0.25, -0.2) is 4.98 Å². The van der Waals surface area contributed by atoms with Gasteiger partial charge in [0.15, 0.2) is 0 Å². The maximum absolute atomic E-state index is 13.0. The summed E-state index contributed by atoms with van der Waals surface area (Å²) in [6, 6.07) is 8.33. The maximum Gasteiger partial charge on any atom is 0.214 e. The van der Waals surface area contributed by atoms with Crippen molar-refractivity contribution >= 4 is 11.4 Å². The molecule has 1 heterocycles. The van der Waals surface area contributed by atoms with E-state index < -0.39 is 5.95 Å². The minimum Gasteiger partial charge on any atom is -0.497 e. The molecule has 0 bridgehead atoms. The van der Waals surface area contributed by atoms with Crippen LogP contribution < -0.4 is 14.8 Å². The molecule has 2 rings (SSSR count). The minimum atomic E-state index is -0.535. The van der Waals surface area contributed by atoms with Gasteiger partial charge in [-0.15, -0.1) is 0 Å². The van der Waals surface area contributed by atoms with E-state index in [4.69, 9.17) is 9.47 Å². The average molecular weight is 248 g/mol. The molecule has 5 heteroatoms. The zero-order valence-electron chi connectivity index (χ0n) is 10.1. The van der Waals surface area contributed by atoms with Crippen molar-refractivity contribution in [2.45, 2.75) is 0 Å². The first-order chi connectivity index (χ1) is 8.72. The molecule has 1 aromatic carbocycles. The third-order valence-electron chi connectivity index (χ3n) is 2.41. The van der Waals surface area contributed by atoms with Crippen LogP contribution in [0.5, 0.6) is 11.5 Å². The summed E-state index contributed by atoms with van der Waals surface area (Å²) in [5, 5.41) is 3.06. The summed E-state index contributed by atoms with van der Waals surface area (Å²) in [5.74, 6) is 0.775. The van der Waals surface area contributed by atoms with E-state index in [1.165, 1.54) is 12.3 Å². The molecule has 0 radical (unpaired) electrons. The molecule has 0 spiro atoms. The van der Waals surface area contributed by atoms with Crippen LogP contribution >= 0.6 is 0 Å². The first kappa shape index (κ1) is 12.2. The van der Waals surface area contributed by atoms with Gasteiger partial charge < -0.3 is 14.8 Å². The SMILES string of the molecule is COc1ccc(Nc2ccnc(F)c2)c(OC)c1. The monoisotopic (exact) mass is 248 g/mol. The van der Waals surface area contributed by atoms with Crippen molar-refractivity contribution in [2.75, 3.05) is 19.5 Å². The largest absolute Gasteiger partial charge is 0.497 e. The Balaban J connectivity index is 2.28. The van der Waals surface area contributed by atoms with E-state index in [2.05, 4.69) is 10.3 Å². The number of halogens is 1. The Morgan fingerprint density at radius 2 is 1.94 bits per heavy atom. The highest BCUT2D eigenvalue weighted by Gasteiger charge is 2.05. The lowest BCUT2D eigenvalue weighted by molar-refractivity contribution is 0.395. The quantitative estimate of drug-likeness (QED) is 0.845. The summed E-state index contributed by atoms with van der Waals surface area (Å²) in [7, 11) is 3.15. The zero-order valence-corrected chi connectivity index (χ0v) is 10.1. The predicted octanol–water partition coefficient (Wildman–Crippen LogP) is 2.98. The van der Waals surface area contributed by atoms with Crippen LogP contribution in [0.4, 0.5) is 15.8 Å². The summed E-state index contributed by atoms with van der Waals surface area (Å²) in [6.45, 7) is 0. The van der Waals surface area contributed by atoms with Crippen LogP contribution in [0.25, 0.3) is 0 Å². The van der Waals surface area contributed by atoms with Crippen molar-refractivity contribution < 1.29 is 13.9 Å². The molecule has 0 unspecified atom stereocenters. The van der Waals surface area contributed by atoms with Crippen molar-refractivity contribution in [1.82, 2.24) is 4.98 Å². The van der Waals surface area contributed by atoms with Gasteiger partial charge in [-0.1, -0.05) is 0 Å². The van der Waals surface area contributed by atoms with E-state index in [0.29, 0.717) is 17.2 Å². The van der Waals surface area contributed by atoms with Gasteiger partial charge in [0.25, 0.3) is 0 Å². The third-order valence-corrected chi connectivity index (χ3v) is 2.41. The number of aromatic nitrogens is 1. The van der Waals surface area contributed by atoms with Crippen molar-refractivity contribution in [2.24, 2.45) is 0 Å². The standard InChI is InChI=1S/C13H13FN2O2/c1-17-10-3-4-11(12(8-10)18-2)16-9-5-6-15-13(14)7-9/h3-8H,1-2H3,(H,15,16). The summed E-state index contributed by atoms with van der Waals surface area (Å²) in [4.78, 5) is 3.49. The van der Waals surface area contributed by atoms with Gasteiger partial charge in [-0.05, 0) is 18.2 Å². The summed E-state index contributed by atoms with van der Waals surface area (Å²) >= 11 is 0. The number of rotatable bonds is 4. The number of benzene rings is 1. The number of methoxy groups -OCH3 is 2. The van der Waals surface area contributed by atoms with Gasteiger partial charge in [-0.2, -0.15) is 4.39 Å². The molecule has 1 aromatic heterocycles. The second-order valence-electron chi connectivity index (χ2n) is 3.56. The molecule has 0 saturated heterocycles. The maximum atomic E-state index is 13.0. The second kappa shape index (κ2) is 5.35. The summed E-state index contributed by atoms with van der Waals surface area (Å²) in [6.07, 6.45) is 1.40. The molecule has 94 valence electrons. The van der Waals surface area contributed by atoms with E-state index in [1.807, 2.05) is 0 Å². The van der Waals surface area contributed by atoms with Gasteiger partial charge in [0.1, 0.15) is 11.5 Å². The fourth-order valence-corrected chi connectivity index (χ4v) is 1.54. The molecular formula is C13H13FN2O2. The normalized spacial score (nSPS) is 9.94. The number of ether oxygens (including phenoxy) is 2. The van der Waals surface area contributed by atoms with Gasteiger partial charge in [0, 0.05) is 24.0 Å². The highest BCUT2D eigenvalue weighted by atomic mass is 19.1. The molecule has 0 aliphatic rings. The van der Waals surface area contributed by atoms with Crippen LogP contribution in [-0.4, -0.2) is 19.2 Å². The van der Waals surface area contributed by atoms with Crippen LogP contribution in [0.2, 0.25) is 0 Å². The molecule has 0 aliphatic heterocycles. The first-order valence-corrected chi connectivity index (χ1v) is 5.33. The summed E-state index contributed by atoms with van der Waals surface area (Å²) < 4.78 is 23.3. The molecule has 2 aromatic rings. The number of nitrogens with one attached hydrogen (secondary N) is 1. The van der Waals surface area contributed by atoms with Crippen LogP contribution in [-0.2, 0) is 0 Å². The van der Waals surface area contributed by atoms with Crippen LogP contribution in [0, 0.1) is 5.95 Å². The highest BCUT2D eigenvalue weighted by Crippen LogP contribution is 2.31. The average Bonchev–Trinajstić information content (AvgIpc) is 2.39. The van der Waals surface area contributed by atoms with E-state index in [9.17, 15) is 4.39 Å². The van der Waals surface area contributed by atoms with Crippen molar-refractivity contribution in [1.29, 1.82) is 0 Å². The number of nitrogens with zero attached hydrogens (tertiary/aromatic N) is 1. The molecule has 1 N–H and O–H groups in total. The first-order valence-electron chi connectivity index (χ1n) is 5.33. The lowest BCUT2D eigenvalue weighted by Crippen LogP contribution is -1.96. The van der Waals surface area contributed by atoms with Gasteiger partial charge in [0.05, 0.1) is 19.9 Å². The lowest BCUT2D eigenvalue weighted by atomic mass is 10.2. The molecule has 4 nitrogen and oxygen atoms in total. The van der Waals surface area contributed by atoms with E-state index in [0.717, 1.165) is 5.69 Å². The van der Waals surface area contributed by atoms with Gasteiger partial charge >= 0.3 is 0 Å². The molecule has 0 amide bonds. The Labute approximate surface area is 104 Å². The number of hydrogen-bond acceptors (Lipinski definition) is 4. The Morgan fingerprint density at radius 3 is 2.61 bits per heavy atom. The number of anilines is 2. The summed E-state index contributed by atoms with van der Waals surface area (Å²) in [5.41, 5.74) is 1.33. The molecule has 0 saturated carbocycles. The van der Waals surface area contributed by atoms with Crippen molar-refractivity contribution in [3.8, 4) is 11.5 Å². The Kier molecular flexibility index (Phi) is 3.62. The molecule has 0 aliphatic carbocycles. The van der Waals surface area contributed by atoms with Gasteiger partial charge in [0.2, 0.25) is 5.95 Å². The topological polar surface area (TPSA) is 43.4 Å². The fraction of sp³-hybridized carbons (Fsp3) is 0.154. The molecular weight excluding hydrogens is 235 g/mol. The zero-order chi connectivity index (χ0) is 13.0. The smallest absolute Gasteiger partial charge is 0.214 e. The number of pyridine rings is 1. The third kappa shape index (κ3) is 2.68. The van der Waals surface area contributed by atoms with Crippen molar-refractivity contribution in [3.63, 3.8) is 0 Å². The highest BCUT2D eigenvalue weighted by molar-refractivity contribution is 5.67. The molecule has 18 heavy (non-hydrogen) atoms. The molecule has 0 fully saturated rings. The Hall–Kier alpha value is -2.30. The Morgan fingerprint density at radius 1 is 1.11 bits per heavy atom. The number of hydrogen-bond donors (Lipinski definition) is 1. The van der Waals surface area contributed by atoms with Crippen molar-refractivity contribution in [3.05, 3.63) is 42.5 Å². The fourth-order valence-electron chi connectivity index (χ4n) is 1.54. The van der Waals surface area contributed by atoms with Crippen LogP contribution in [0.15, 0.2) is 36.5 Å². The van der Waals surface area contributed by atoms with E-state index >= 15 is 0 Å². The lowest BCUT2D eigenvalue weighted by Gasteiger charge is -2.12. The minimum absolute atomic E-state index is 0.535.